The Balaban J connectivity index is 4.22. The number of carboxylic acid groups (broad SMARTS) is 1. The van der Waals surface area contributed by atoms with Gasteiger partial charge in [-0.25, -0.2) is 4.79 Å². The highest BCUT2D eigenvalue weighted by atomic mass is 16.7. The van der Waals surface area contributed by atoms with Gasteiger partial charge in [0.1, 0.15) is 13.2 Å². The third kappa shape index (κ3) is 69.7. The predicted molar refractivity (Wildman–Crippen MR) is 382 cm³/mol. The molecule has 0 rings (SSSR count). The molecule has 0 saturated carbocycles. The maximum Gasteiger partial charge on any atom is 0.361 e. The molecule has 0 fully saturated rings. The summed E-state index contributed by atoms with van der Waals surface area (Å²) in [6, 6.07) is 0. The number of carbonyl (C=O) groups excluding carboxylic acids is 2. The van der Waals surface area contributed by atoms with Crippen molar-refractivity contribution in [1.29, 1.82) is 0 Å². The highest BCUT2D eigenvalue weighted by Gasteiger charge is 2.25. The Bertz CT molecular complexity index is 2120. The van der Waals surface area contributed by atoms with E-state index >= 15 is 0 Å². The van der Waals surface area contributed by atoms with Gasteiger partial charge in [-0.2, -0.15) is 0 Å². The highest BCUT2D eigenvalue weighted by molar-refractivity contribution is 5.71. The molecule has 0 aliphatic carbocycles. The van der Waals surface area contributed by atoms with Gasteiger partial charge in [-0.05, 0) is 135 Å². The van der Waals surface area contributed by atoms with Crippen LogP contribution < -0.4 is 0 Å². The van der Waals surface area contributed by atoms with E-state index in [1.807, 2.05) is 21.1 Å². The Morgan fingerprint density at radius 2 is 0.607 bits per heavy atom. The van der Waals surface area contributed by atoms with Gasteiger partial charge in [-0.1, -0.05) is 280 Å². The van der Waals surface area contributed by atoms with Gasteiger partial charge in [0.25, 0.3) is 6.29 Å². The van der Waals surface area contributed by atoms with Crippen molar-refractivity contribution in [3.8, 4) is 0 Å². The summed E-state index contributed by atoms with van der Waals surface area (Å²) < 4.78 is 22.9. The van der Waals surface area contributed by atoms with Crippen molar-refractivity contribution >= 4 is 17.9 Å². The van der Waals surface area contributed by atoms with Crippen molar-refractivity contribution in [2.24, 2.45) is 0 Å². The van der Waals surface area contributed by atoms with E-state index in [4.69, 9.17) is 18.9 Å². The van der Waals surface area contributed by atoms with E-state index in [2.05, 4.69) is 196 Å². The number of hydrogen-bond donors (Lipinski definition) is 1. The number of esters is 2. The summed E-state index contributed by atoms with van der Waals surface area (Å²) in [5.74, 6) is -2.04. The minimum absolute atomic E-state index is 0.175. The Morgan fingerprint density at radius 1 is 0.337 bits per heavy atom. The first-order valence-corrected chi connectivity index (χ1v) is 34.9. The van der Waals surface area contributed by atoms with Gasteiger partial charge in [-0.3, -0.25) is 9.59 Å². The fourth-order valence-electron chi connectivity index (χ4n) is 8.89. The maximum atomic E-state index is 13.0. The molecule has 500 valence electrons. The molecule has 0 amide bonds. The van der Waals surface area contributed by atoms with Crippen LogP contribution in [0.2, 0.25) is 0 Å². The standard InChI is InChI=1S/C80H127NO8/c1-6-8-10-12-14-16-18-20-22-24-26-28-30-32-34-35-36-37-38-39-40-41-42-43-45-47-49-51-53-55-57-59-61-63-65-67-69-71-78(83)89-76(75-88-80(79(84)85)86-73-72-81(3,4)5)74-87-77(82)70-68-66-64-62-60-58-56-54-52-50-48-46-44-33-31-29-27-25-23-21-19-17-15-13-11-9-7-2/h8-11,14-17,20-23,26-29,32-34,36-37,39-40,42-44,47-50,76,80H,6-7,12-13,18-19,24-25,30-31,35,38,41,45-46,51-75H2,1-5H3/p+1/b10-8-,11-9-,16-14-,17-15-,22-20-,23-21-,28-26-,29-27-,34-32-,37-36-,40-39-,43-42-,44-33-,49-47-,50-48-. The molecule has 0 aromatic carbocycles. The highest BCUT2D eigenvalue weighted by Crippen LogP contribution is 2.15. The van der Waals surface area contributed by atoms with E-state index in [-0.39, 0.29) is 38.6 Å². The number of carbonyl (C=O) groups is 3. The second kappa shape index (κ2) is 68.3. The number of allylic oxidation sites excluding steroid dienone is 30. The molecule has 2 unspecified atom stereocenters. The number of nitrogens with zero attached hydrogens (tertiary/aromatic N) is 1. The van der Waals surface area contributed by atoms with E-state index in [9.17, 15) is 19.5 Å². The minimum atomic E-state index is -1.53. The molecule has 0 radical (unpaired) electrons. The molecule has 0 heterocycles. The van der Waals surface area contributed by atoms with Gasteiger partial charge in [0, 0.05) is 12.8 Å². The molecule has 9 heteroatoms. The zero-order valence-corrected chi connectivity index (χ0v) is 57.0. The average molecular weight is 1230 g/mol. The van der Waals surface area contributed by atoms with Gasteiger partial charge in [0.2, 0.25) is 0 Å². The van der Waals surface area contributed by atoms with Gasteiger partial charge in [-0.15, -0.1) is 0 Å². The number of quaternary nitrogens is 1. The molecular formula is C80H128NO8+. The topological polar surface area (TPSA) is 108 Å². The van der Waals surface area contributed by atoms with Gasteiger partial charge >= 0.3 is 17.9 Å². The van der Waals surface area contributed by atoms with Crippen molar-refractivity contribution < 1.29 is 42.9 Å². The summed E-state index contributed by atoms with van der Waals surface area (Å²) in [5, 5.41) is 9.75. The number of hydrogen-bond acceptors (Lipinski definition) is 7. The smallest absolute Gasteiger partial charge is 0.361 e. The Hall–Kier alpha value is -5.61. The molecule has 1 N–H and O–H groups in total. The fourth-order valence-corrected chi connectivity index (χ4v) is 8.89. The molecule has 0 spiro atoms. The number of unbranched alkanes of at least 4 members (excludes halogenated alkanes) is 17. The summed E-state index contributed by atoms with van der Waals surface area (Å²) >= 11 is 0. The summed E-state index contributed by atoms with van der Waals surface area (Å²) in [4.78, 5) is 37.6. The third-order valence-electron chi connectivity index (χ3n) is 14.2. The van der Waals surface area contributed by atoms with Crippen LogP contribution in [-0.4, -0.2) is 87.4 Å². The SMILES string of the molecule is CC/C=C\C/C=C\C/C=C\C/C=C\C/C=C\C/C=C\C/C=C\C/C=C\C/C=C\CCCCCCCCCCCC(=O)OC(COC(=O)CCCCCCCCCC/C=C\C/C=C\C/C=C\C/C=C\C/C=C\C/C=C\CC)COC(OCC[N+](C)(C)C)C(=O)O. The van der Waals surface area contributed by atoms with Crippen molar-refractivity contribution in [2.45, 2.75) is 257 Å². The zero-order chi connectivity index (χ0) is 64.7. The van der Waals surface area contributed by atoms with Crippen LogP contribution in [0.1, 0.15) is 245 Å². The molecule has 0 aromatic rings. The lowest BCUT2D eigenvalue weighted by atomic mass is 10.1. The lowest BCUT2D eigenvalue weighted by molar-refractivity contribution is -0.870. The average Bonchev–Trinajstić information content (AvgIpc) is 3.70. The summed E-state index contributed by atoms with van der Waals surface area (Å²) in [6.07, 6.45) is 101. The van der Waals surface area contributed by atoms with Crippen LogP contribution in [0.3, 0.4) is 0 Å². The number of rotatable bonds is 62. The van der Waals surface area contributed by atoms with Gasteiger partial charge in [0.05, 0.1) is 34.4 Å². The Morgan fingerprint density at radius 3 is 0.899 bits per heavy atom. The molecule has 0 aliphatic rings. The second-order valence-corrected chi connectivity index (χ2v) is 23.7. The molecule has 2 atom stereocenters. The molecule has 0 aromatic heterocycles. The van der Waals surface area contributed by atoms with Crippen molar-refractivity contribution in [1.82, 2.24) is 0 Å². The van der Waals surface area contributed by atoms with Crippen LogP contribution in [0.5, 0.6) is 0 Å². The Labute approximate surface area is 545 Å². The van der Waals surface area contributed by atoms with E-state index in [1.165, 1.54) is 57.8 Å². The molecule has 0 aliphatic heterocycles. The van der Waals surface area contributed by atoms with E-state index in [1.54, 1.807) is 0 Å². The van der Waals surface area contributed by atoms with Crippen molar-refractivity contribution in [3.63, 3.8) is 0 Å². The zero-order valence-electron chi connectivity index (χ0n) is 57.0. The molecule has 9 nitrogen and oxygen atoms in total. The quantitative estimate of drug-likeness (QED) is 0.0211. The van der Waals surface area contributed by atoms with Crippen LogP contribution in [-0.2, 0) is 33.3 Å². The van der Waals surface area contributed by atoms with Crippen LogP contribution in [0.15, 0.2) is 182 Å². The van der Waals surface area contributed by atoms with Crippen LogP contribution in [0.4, 0.5) is 0 Å². The second-order valence-electron chi connectivity index (χ2n) is 23.7. The number of ether oxygens (including phenoxy) is 4. The molecular weight excluding hydrogens is 1100 g/mol. The number of carboxylic acids is 1. The lowest BCUT2D eigenvalue weighted by Gasteiger charge is -2.25. The molecule has 89 heavy (non-hydrogen) atoms. The predicted octanol–water partition coefficient (Wildman–Crippen LogP) is 22.0. The molecule has 0 bridgehead atoms. The monoisotopic (exact) mass is 1230 g/mol. The van der Waals surface area contributed by atoms with E-state index in [0.29, 0.717) is 17.4 Å². The first-order valence-electron chi connectivity index (χ1n) is 34.9. The lowest BCUT2D eigenvalue weighted by Crippen LogP contribution is -2.40. The Kier molecular flexibility index (Phi) is 64.0. The van der Waals surface area contributed by atoms with Crippen LogP contribution >= 0.6 is 0 Å². The summed E-state index contributed by atoms with van der Waals surface area (Å²) in [7, 11) is 5.96. The van der Waals surface area contributed by atoms with Crippen LogP contribution in [0.25, 0.3) is 0 Å². The summed E-state index contributed by atoms with van der Waals surface area (Å²) in [6.45, 7) is 4.61. The van der Waals surface area contributed by atoms with Crippen molar-refractivity contribution in [3.05, 3.63) is 182 Å². The normalized spacial score (nSPS) is 13.9. The summed E-state index contributed by atoms with van der Waals surface area (Å²) in [5.41, 5.74) is 0. The first kappa shape index (κ1) is 83.4. The third-order valence-corrected chi connectivity index (χ3v) is 14.2. The van der Waals surface area contributed by atoms with Gasteiger partial charge in [0.15, 0.2) is 6.10 Å². The number of aliphatic carboxylic acids is 1. The minimum Gasteiger partial charge on any atom is -0.477 e. The largest absolute Gasteiger partial charge is 0.477 e. The van der Waals surface area contributed by atoms with Gasteiger partial charge < -0.3 is 28.5 Å². The first-order chi connectivity index (χ1) is 43.6. The maximum absolute atomic E-state index is 13.0. The number of likely N-dealkylation sites (N-methyl/N-ethyl adjacent to an activating group) is 1. The van der Waals surface area contributed by atoms with E-state index < -0.39 is 24.3 Å². The molecule has 0 saturated heterocycles. The van der Waals surface area contributed by atoms with E-state index in [0.717, 1.165) is 154 Å². The van der Waals surface area contributed by atoms with Crippen LogP contribution in [0, 0.1) is 0 Å². The van der Waals surface area contributed by atoms with Crippen molar-refractivity contribution in [2.75, 3.05) is 47.5 Å². The fraction of sp³-hybridized carbons (Fsp3) is 0.588.